The molecule has 1 aromatic carbocycles. The van der Waals surface area contributed by atoms with E-state index in [1.54, 1.807) is 0 Å². The van der Waals surface area contributed by atoms with Crippen molar-refractivity contribution in [3.05, 3.63) is 36.0 Å². The highest BCUT2D eigenvalue weighted by atomic mass is 15.2. The van der Waals surface area contributed by atoms with E-state index in [-0.39, 0.29) is 0 Å². The van der Waals surface area contributed by atoms with Crippen LogP contribution in [0.3, 0.4) is 0 Å². The topological polar surface area (TPSA) is 19.4 Å². The number of pyridine rings is 1. The van der Waals surface area contributed by atoms with Gasteiger partial charge in [0.1, 0.15) is 0 Å². The third-order valence-corrected chi connectivity index (χ3v) is 3.12. The zero-order chi connectivity index (χ0) is 13.1. The van der Waals surface area contributed by atoms with Crippen LogP contribution in [-0.2, 0) is 0 Å². The van der Waals surface area contributed by atoms with Gasteiger partial charge in [-0.1, -0.05) is 18.2 Å². The van der Waals surface area contributed by atoms with E-state index in [1.807, 2.05) is 6.07 Å². The Kier molecular flexibility index (Phi) is 3.82. The van der Waals surface area contributed by atoms with Gasteiger partial charge in [0, 0.05) is 36.9 Å². The Hall–Kier alpha value is -1.61. The highest BCUT2D eigenvalue weighted by molar-refractivity contribution is 5.91. The number of nitrogens with zero attached hydrogens (tertiary/aromatic N) is 3. The molecule has 0 aliphatic rings. The first-order valence-corrected chi connectivity index (χ1v) is 6.30. The number of aromatic nitrogens is 1. The standard InChI is InChI=1S/C15H21N3/c1-12-11-15(18(4)10-9-17(2)3)13-7-5-6-8-14(13)16-12/h5-8,11H,9-10H2,1-4H3. The highest BCUT2D eigenvalue weighted by Gasteiger charge is 2.08. The summed E-state index contributed by atoms with van der Waals surface area (Å²) in [5, 5.41) is 1.23. The van der Waals surface area contributed by atoms with Gasteiger partial charge in [-0.25, -0.2) is 0 Å². The molecule has 0 amide bonds. The van der Waals surface area contributed by atoms with E-state index < -0.39 is 0 Å². The van der Waals surface area contributed by atoms with E-state index in [1.165, 1.54) is 11.1 Å². The van der Waals surface area contributed by atoms with Crippen molar-refractivity contribution < 1.29 is 0 Å². The minimum absolute atomic E-state index is 1.01. The molecule has 96 valence electrons. The molecule has 0 bridgehead atoms. The van der Waals surface area contributed by atoms with Gasteiger partial charge in [-0.05, 0) is 33.2 Å². The SMILES string of the molecule is Cc1cc(N(C)CCN(C)C)c2ccccc2n1. The van der Waals surface area contributed by atoms with Crippen LogP contribution in [0.25, 0.3) is 10.9 Å². The number of hydrogen-bond donors (Lipinski definition) is 0. The fourth-order valence-electron chi connectivity index (χ4n) is 2.07. The van der Waals surface area contributed by atoms with E-state index in [0.717, 1.165) is 24.3 Å². The lowest BCUT2D eigenvalue weighted by atomic mass is 10.1. The Bertz CT molecular complexity index is 534. The number of aryl methyl sites for hydroxylation is 1. The average Bonchev–Trinajstić information content (AvgIpc) is 2.34. The second-order valence-electron chi connectivity index (χ2n) is 5.02. The van der Waals surface area contributed by atoms with Crippen LogP contribution in [0.1, 0.15) is 5.69 Å². The molecule has 0 aliphatic heterocycles. The minimum Gasteiger partial charge on any atom is -0.373 e. The van der Waals surface area contributed by atoms with Crippen molar-refractivity contribution in [1.82, 2.24) is 9.88 Å². The summed E-state index contributed by atoms with van der Waals surface area (Å²) in [6.45, 7) is 4.11. The van der Waals surface area contributed by atoms with Gasteiger partial charge in [0.2, 0.25) is 0 Å². The quantitative estimate of drug-likeness (QED) is 0.822. The fourth-order valence-corrected chi connectivity index (χ4v) is 2.07. The molecule has 0 radical (unpaired) electrons. The van der Waals surface area contributed by atoms with Gasteiger partial charge in [-0.15, -0.1) is 0 Å². The summed E-state index contributed by atoms with van der Waals surface area (Å²) in [5.41, 5.74) is 3.41. The van der Waals surface area contributed by atoms with Crippen LogP contribution >= 0.6 is 0 Å². The Morgan fingerprint density at radius 1 is 1.06 bits per heavy atom. The third kappa shape index (κ3) is 2.79. The number of anilines is 1. The van der Waals surface area contributed by atoms with E-state index in [9.17, 15) is 0 Å². The van der Waals surface area contributed by atoms with Crippen LogP contribution in [0.5, 0.6) is 0 Å². The van der Waals surface area contributed by atoms with Crippen molar-refractivity contribution >= 4 is 16.6 Å². The molecular formula is C15H21N3. The molecule has 0 N–H and O–H groups in total. The number of fused-ring (bicyclic) bond motifs is 1. The zero-order valence-corrected chi connectivity index (χ0v) is 11.6. The first-order chi connectivity index (χ1) is 8.58. The molecule has 1 heterocycles. The van der Waals surface area contributed by atoms with Crippen LogP contribution < -0.4 is 4.90 Å². The van der Waals surface area contributed by atoms with Crippen LogP contribution in [0.2, 0.25) is 0 Å². The number of likely N-dealkylation sites (N-methyl/N-ethyl adjacent to an activating group) is 2. The maximum absolute atomic E-state index is 4.58. The molecular weight excluding hydrogens is 222 g/mol. The van der Waals surface area contributed by atoms with Gasteiger partial charge in [-0.3, -0.25) is 4.98 Å². The second-order valence-corrected chi connectivity index (χ2v) is 5.02. The molecule has 0 aliphatic carbocycles. The molecule has 0 unspecified atom stereocenters. The Labute approximate surface area is 109 Å². The molecule has 2 rings (SSSR count). The summed E-state index contributed by atoms with van der Waals surface area (Å²) in [4.78, 5) is 9.08. The first-order valence-electron chi connectivity index (χ1n) is 6.30. The normalized spacial score (nSPS) is 11.2. The van der Waals surface area contributed by atoms with Crippen LogP contribution in [0, 0.1) is 6.92 Å². The predicted octanol–water partition coefficient (Wildman–Crippen LogP) is 2.54. The van der Waals surface area contributed by atoms with E-state index in [2.05, 4.69) is 67.1 Å². The lowest BCUT2D eigenvalue weighted by Gasteiger charge is -2.23. The Morgan fingerprint density at radius 3 is 2.50 bits per heavy atom. The molecule has 0 saturated heterocycles. The summed E-state index contributed by atoms with van der Waals surface area (Å²) in [6, 6.07) is 10.5. The van der Waals surface area contributed by atoms with Crippen LogP contribution in [-0.4, -0.2) is 44.1 Å². The van der Waals surface area contributed by atoms with E-state index in [4.69, 9.17) is 0 Å². The lowest BCUT2D eigenvalue weighted by Crippen LogP contribution is -2.28. The minimum atomic E-state index is 1.01. The molecule has 0 spiro atoms. The molecule has 3 nitrogen and oxygen atoms in total. The van der Waals surface area contributed by atoms with Crippen molar-refractivity contribution in [2.24, 2.45) is 0 Å². The summed E-state index contributed by atoms with van der Waals surface area (Å²) in [5.74, 6) is 0. The molecule has 0 atom stereocenters. The lowest BCUT2D eigenvalue weighted by molar-refractivity contribution is 0.416. The largest absolute Gasteiger partial charge is 0.373 e. The maximum Gasteiger partial charge on any atom is 0.0726 e. The fraction of sp³-hybridized carbons (Fsp3) is 0.400. The van der Waals surface area contributed by atoms with Crippen LogP contribution in [0.4, 0.5) is 5.69 Å². The smallest absolute Gasteiger partial charge is 0.0726 e. The van der Waals surface area contributed by atoms with Crippen molar-refractivity contribution in [2.45, 2.75) is 6.92 Å². The molecule has 2 aromatic rings. The van der Waals surface area contributed by atoms with Crippen molar-refractivity contribution in [1.29, 1.82) is 0 Å². The predicted molar refractivity (Wildman–Crippen MR) is 78.3 cm³/mol. The van der Waals surface area contributed by atoms with Gasteiger partial charge in [0.05, 0.1) is 5.52 Å². The van der Waals surface area contributed by atoms with Crippen molar-refractivity contribution in [3.63, 3.8) is 0 Å². The molecule has 0 saturated carbocycles. The molecule has 1 aromatic heterocycles. The molecule has 18 heavy (non-hydrogen) atoms. The van der Waals surface area contributed by atoms with Gasteiger partial charge >= 0.3 is 0 Å². The van der Waals surface area contributed by atoms with Gasteiger partial charge in [0.25, 0.3) is 0 Å². The molecule has 0 fully saturated rings. The van der Waals surface area contributed by atoms with E-state index in [0.29, 0.717) is 0 Å². The van der Waals surface area contributed by atoms with Crippen LogP contribution in [0.15, 0.2) is 30.3 Å². The monoisotopic (exact) mass is 243 g/mol. The summed E-state index contributed by atoms with van der Waals surface area (Å²) in [6.07, 6.45) is 0. The number of para-hydroxylation sites is 1. The Morgan fingerprint density at radius 2 is 1.78 bits per heavy atom. The first kappa shape index (κ1) is 12.8. The highest BCUT2D eigenvalue weighted by Crippen LogP contribution is 2.25. The number of rotatable bonds is 4. The maximum atomic E-state index is 4.58. The van der Waals surface area contributed by atoms with Gasteiger partial charge < -0.3 is 9.80 Å². The molecule has 3 heteroatoms. The number of hydrogen-bond acceptors (Lipinski definition) is 3. The van der Waals surface area contributed by atoms with Gasteiger partial charge in [-0.2, -0.15) is 0 Å². The van der Waals surface area contributed by atoms with Gasteiger partial charge in [0.15, 0.2) is 0 Å². The third-order valence-electron chi connectivity index (χ3n) is 3.12. The average molecular weight is 243 g/mol. The summed E-state index contributed by atoms with van der Waals surface area (Å²) in [7, 11) is 6.35. The number of benzene rings is 1. The summed E-state index contributed by atoms with van der Waals surface area (Å²) < 4.78 is 0. The second kappa shape index (κ2) is 5.36. The zero-order valence-electron chi connectivity index (χ0n) is 11.6. The van der Waals surface area contributed by atoms with Crippen molar-refractivity contribution in [2.75, 3.05) is 39.1 Å². The Balaban J connectivity index is 2.36. The van der Waals surface area contributed by atoms with E-state index >= 15 is 0 Å². The summed E-state index contributed by atoms with van der Waals surface area (Å²) >= 11 is 0. The van der Waals surface area contributed by atoms with Crippen molar-refractivity contribution in [3.8, 4) is 0 Å².